The minimum absolute atomic E-state index is 0.186. The number of amides is 1. The molecule has 0 radical (unpaired) electrons. The molecule has 1 amide bonds. The highest BCUT2D eigenvalue weighted by Crippen LogP contribution is 2.28. The molecule has 1 fully saturated rings. The number of nitrogens with zero attached hydrogens (tertiary/aromatic N) is 4. The normalized spacial score (nSPS) is 14.1. The lowest BCUT2D eigenvalue weighted by Gasteiger charge is -2.35. The molecule has 1 aromatic carbocycles. The highest BCUT2D eigenvalue weighted by Gasteiger charge is 2.22. The topological polar surface area (TPSA) is 67.8 Å². The summed E-state index contributed by atoms with van der Waals surface area (Å²) in [7, 11) is 1.63. The minimum atomic E-state index is 0.186. The maximum Gasteiger partial charge on any atom is 0.223 e. The maximum atomic E-state index is 12.6. The molecule has 7 nitrogen and oxygen atoms in total. The number of hydrogen-bond acceptors (Lipinski definition) is 6. The van der Waals surface area contributed by atoms with Crippen LogP contribution in [-0.2, 0) is 11.2 Å². The van der Waals surface area contributed by atoms with Gasteiger partial charge in [0.25, 0.3) is 0 Å². The molecule has 7 heteroatoms. The summed E-state index contributed by atoms with van der Waals surface area (Å²) >= 11 is 0. The number of aromatic nitrogens is 2. The molecule has 0 N–H and O–H groups in total. The van der Waals surface area contributed by atoms with Crippen molar-refractivity contribution < 1.29 is 14.3 Å². The van der Waals surface area contributed by atoms with E-state index in [1.165, 1.54) is 0 Å². The Morgan fingerprint density at radius 3 is 2.57 bits per heavy atom. The van der Waals surface area contributed by atoms with Crippen LogP contribution in [0.4, 0.5) is 5.82 Å². The molecule has 0 spiro atoms. The molecule has 3 rings (SSSR count). The molecular weight excluding hydrogens is 356 g/mol. The van der Waals surface area contributed by atoms with Gasteiger partial charge in [0.15, 0.2) is 11.5 Å². The Morgan fingerprint density at radius 2 is 1.89 bits per heavy atom. The summed E-state index contributed by atoms with van der Waals surface area (Å²) in [6, 6.07) is 7.84. The Morgan fingerprint density at radius 1 is 1.11 bits per heavy atom. The monoisotopic (exact) mass is 384 g/mol. The van der Waals surface area contributed by atoms with Gasteiger partial charge in [0, 0.05) is 44.4 Å². The number of hydrogen-bond donors (Lipinski definition) is 0. The van der Waals surface area contributed by atoms with Crippen LogP contribution in [0, 0.1) is 6.92 Å². The minimum Gasteiger partial charge on any atom is -0.493 e. The molecule has 28 heavy (non-hydrogen) atoms. The summed E-state index contributed by atoms with van der Waals surface area (Å²) in [5.41, 5.74) is 2.03. The van der Waals surface area contributed by atoms with E-state index < -0.39 is 0 Å². The van der Waals surface area contributed by atoms with E-state index in [2.05, 4.69) is 14.9 Å². The van der Waals surface area contributed by atoms with Crippen molar-refractivity contribution in [3.8, 4) is 11.5 Å². The maximum absolute atomic E-state index is 12.6. The van der Waals surface area contributed by atoms with Crippen molar-refractivity contribution in [2.75, 3.05) is 44.8 Å². The SMILES string of the molecule is CCOc1ccc(CCC(=O)N2CCN(c3cc(C)ncn3)CC2)cc1OC. The Bertz CT molecular complexity index is 804. The van der Waals surface area contributed by atoms with E-state index in [4.69, 9.17) is 9.47 Å². The molecule has 1 aromatic heterocycles. The lowest BCUT2D eigenvalue weighted by molar-refractivity contribution is -0.131. The summed E-state index contributed by atoms with van der Waals surface area (Å²) in [4.78, 5) is 25.2. The number of benzene rings is 1. The average molecular weight is 384 g/mol. The third-order valence-corrected chi connectivity index (χ3v) is 4.90. The lowest BCUT2D eigenvalue weighted by atomic mass is 10.1. The Labute approximate surface area is 166 Å². The first kappa shape index (κ1) is 19.9. The van der Waals surface area contributed by atoms with Gasteiger partial charge in [0.1, 0.15) is 12.1 Å². The fourth-order valence-electron chi connectivity index (χ4n) is 3.35. The van der Waals surface area contributed by atoms with Crippen molar-refractivity contribution in [2.24, 2.45) is 0 Å². The second kappa shape index (κ2) is 9.39. The molecule has 1 aliphatic heterocycles. The molecule has 2 heterocycles. The first-order valence-corrected chi connectivity index (χ1v) is 9.71. The van der Waals surface area contributed by atoms with E-state index in [-0.39, 0.29) is 5.91 Å². The molecule has 1 saturated heterocycles. The van der Waals surface area contributed by atoms with Crippen molar-refractivity contribution in [3.63, 3.8) is 0 Å². The third-order valence-electron chi connectivity index (χ3n) is 4.90. The average Bonchev–Trinajstić information content (AvgIpc) is 2.73. The Hall–Kier alpha value is -2.83. The van der Waals surface area contributed by atoms with Crippen LogP contribution >= 0.6 is 0 Å². The van der Waals surface area contributed by atoms with Gasteiger partial charge in [-0.3, -0.25) is 4.79 Å². The van der Waals surface area contributed by atoms with Gasteiger partial charge in [-0.1, -0.05) is 6.07 Å². The van der Waals surface area contributed by atoms with Crippen molar-refractivity contribution >= 4 is 11.7 Å². The quantitative estimate of drug-likeness (QED) is 0.731. The van der Waals surface area contributed by atoms with Crippen molar-refractivity contribution in [3.05, 3.63) is 41.9 Å². The van der Waals surface area contributed by atoms with Crippen LogP contribution in [0.15, 0.2) is 30.6 Å². The number of methoxy groups -OCH3 is 1. The lowest BCUT2D eigenvalue weighted by Crippen LogP contribution is -2.49. The van der Waals surface area contributed by atoms with E-state index in [1.54, 1.807) is 13.4 Å². The van der Waals surface area contributed by atoms with E-state index in [0.717, 1.165) is 35.9 Å². The van der Waals surface area contributed by atoms with Crippen molar-refractivity contribution in [1.29, 1.82) is 0 Å². The van der Waals surface area contributed by atoms with E-state index in [1.807, 2.05) is 43.0 Å². The van der Waals surface area contributed by atoms with Gasteiger partial charge in [0.2, 0.25) is 5.91 Å². The standard InChI is InChI=1S/C21H28N4O3/c1-4-28-18-7-5-17(14-19(18)27-3)6-8-21(26)25-11-9-24(10-12-25)20-13-16(2)22-15-23-20/h5,7,13-15H,4,6,8-12H2,1-3H3. The highest BCUT2D eigenvalue weighted by atomic mass is 16.5. The number of ether oxygens (including phenoxy) is 2. The number of anilines is 1. The van der Waals surface area contributed by atoms with Crippen LogP contribution in [-0.4, -0.2) is 60.7 Å². The van der Waals surface area contributed by atoms with Gasteiger partial charge >= 0.3 is 0 Å². The number of aryl methyl sites for hydroxylation is 2. The number of carbonyl (C=O) groups excluding carboxylic acids is 1. The Balaban J connectivity index is 1.51. The van der Waals surface area contributed by atoms with Crippen LogP contribution < -0.4 is 14.4 Å². The largest absolute Gasteiger partial charge is 0.493 e. The smallest absolute Gasteiger partial charge is 0.223 e. The summed E-state index contributed by atoms with van der Waals surface area (Å²) in [6.07, 6.45) is 2.77. The summed E-state index contributed by atoms with van der Waals surface area (Å²) in [6.45, 7) is 7.51. The van der Waals surface area contributed by atoms with Gasteiger partial charge in [-0.15, -0.1) is 0 Å². The first-order chi connectivity index (χ1) is 13.6. The number of carbonyl (C=O) groups is 1. The summed E-state index contributed by atoms with van der Waals surface area (Å²) in [5.74, 6) is 2.56. The number of piperazine rings is 1. The van der Waals surface area contributed by atoms with Gasteiger partial charge in [-0.2, -0.15) is 0 Å². The molecule has 1 aliphatic rings. The second-order valence-corrected chi connectivity index (χ2v) is 6.80. The second-order valence-electron chi connectivity index (χ2n) is 6.80. The fourth-order valence-corrected chi connectivity index (χ4v) is 3.35. The molecule has 0 bridgehead atoms. The predicted octanol–water partition coefficient (Wildman–Crippen LogP) is 2.47. The first-order valence-electron chi connectivity index (χ1n) is 9.71. The zero-order valence-corrected chi connectivity index (χ0v) is 16.9. The van der Waals surface area contributed by atoms with Crippen molar-refractivity contribution in [2.45, 2.75) is 26.7 Å². The Kier molecular flexibility index (Phi) is 6.68. The summed E-state index contributed by atoms with van der Waals surface area (Å²) < 4.78 is 10.9. The molecule has 0 atom stereocenters. The van der Waals surface area contributed by atoms with Crippen molar-refractivity contribution in [1.82, 2.24) is 14.9 Å². The molecule has 2 aromatic rings. The van der Waals surface area contributed by atoms with E-state index in [0.29, 0.717) is 38.3 Å². The van der Waals surface area contributed by atoms with Crippen LogP contribution in [0.2, 0.25) is 0 Å². The van der Waals surface area contributed by atoms with Crippen LogP contribution in [0.3, 0.4) is 0 Å². The zero-order valence-electron chi connectivity index (χ0n) is 16.9. The third kappa shape index (κ3) is 4.91. The van der Waals surface area contributed by atoms with Gasteiger partial charge < -0.3 is 19.3 Å². The zero-order chi connectivity index (χ0) is 19.9. The molecule has 0 aliphatic carbocycles. The van der Waals surface area contributed by atoms with E-state index >= 15 is 0 Å². The highest BCUT2D eigenvalue weighted by molar-refractivity contribution is 5.76. The molecular formula is C21H28N4O3. The van der Waals surface area contributed by atoms with Gasteiger partial charge in [-0.25, -0.2) is 9.97 Å². The van der Waals surface area contributed by atoms with Gasteiger partial charge in [0.05, 0.1) is 13.7 Å². The van der Waals surface area contributed by atoms with Crippen LogP contribution in [0.1, 0.15) is 24.6 Å². The van der Waals surface area contributed by atoms with E-state index in [9.17, 15) is 4.79 Å². The molecule has 0 unspecified atom stereocenters. The molecule has 150 valence electrons. The van der Waals surface area contributed by atoms with Crippen LogP contribution in [0.25, 0.3) is 0 Å². The fraction of sp³-hybridized carbons (Fsp3) is 0.476. The van der Waals surface area contributed by atoms with Crippen LogP contribution in [0.5, 0.6) is 11.5 Å². The molecule has 0 saturated carbocycles. The van der Waals surface area contributed by atoms with Gasteiger partial charge in [-0.05, 0) is 38.0 Å². The summed E-state index contributed by atoms with van der Waals surface area (Å²) in [5, 5.41) is 0. The number of rotatable bonds is 7. The predicted molar refractivity (Wildman–Crippen MR) is 108 cm³/mol.